The van der Waals surface area contributed by atoms with Crippen molar-refractivity contribution in [1.82, 2.24) is 10.3 Å². The SMILES string of the molecule is Cc1occc1C(=O)NCc1ccc(-c2nc3ccccc3s2)o1. The van der Waals surface area contributed by atoms with Crippen LogP contribution in [0.25, 0.3) is 21.0 Å². The maximum Gasteiger partial charge on any atom is 0.255 e. The lowest BCUT2D eigenvalue weighted by Crippen LogP contribution is -2.22. The van der Waals surface area contributed by atoms with E-state index in [2.05, 4.69) is 10.3 Å². The Bertz CT molecular complexity index is 979. The molecular weight excluding hydrogens is 324 g/mol. The Kier molecular flexibility index (Phi) is 3.66. The van der Waals surface area contributed by atoms with Gasteiger partial charge in [0.05, 0.1) is 28.6 Å². The van der Waals surface area contributed by atoms with Crippen LogP contribution in [0.4, 0.5) is 0 Å². The fraction of sp³-hybridized carbons (Fsp3) is 0.111. The summed E-state index contributed by atoms with van der Waals surface area (Å²) < 4.78 is 12.1. The fourth-order valence-electron chi connectivity index (χ4n) is 2.45. The van der Waals surface area contributed by atoms with Crippen LogP contribution >= 0.6 is 11.3 Å². The van der Waals surface area contributed by atoms with Crippen molar-refractivity contribution in [1.29, 1.82) is 0 Å². The van der Waals surface area contributed by atoms with E-state index in [1.54, 1.807) is 24.3 Å². The summed E-state index contributed by atoms with van der Waals surface area (Å²) in [6, 6.07) is 13.4. The molecule has 0 saturated heterocycles. The van der Waals surface area contributed by atoms with Gasteiger partial charge in [-0.3, -0.25) is 4.79 Å². The predicted molar refractivity (Wildman–Crippen MR) is 91.9 cm³/mol. The van der Waals surface area contributed by atoms with E-state index in [9.17, 15) is 4.79 Å². The van der Waals surface area contributed by atoms with Crippen molar-refractivity contribution < 1.29 is 13.6 Å². The van der Waals surface area contributed by atoms with E-state index in [1.165, 1.54) is 6.26 Å². The molecule has 0 saturated carbocycles. The number of rotatable bonds is 4. The van der Waals surface area contributed by atoms with E-state index in [4.69, 9.17) is 8.83 Å². The van der Waals surface area contributed by atoms with Crippen LogP contribution in [0.2, 0.25) is 0 Å². The lowest BCUT2D eigenvalue weighted by Gasteiger charge is -2.01. The molecule has 0 radical (unpaired) electrons. The highest BCUT2D eigenvalue weighted by Crippen LogP contribution is 2.31. The quantitative estimate of drug-likeness (QED) is 0.599. The van der Waals surface area contributed by atoms with Crippen molar-refractivity contribution in [2.75, 3.05) is 0 Å². The number of aryl methyl sites for hydroxylation is 1. The second-order valence-electron chi connectivity index (χ2n) is 5.33. The van der Waals surface area contributed by atoms with Gasteiger partial charge in [-0.25, -0.2) is 4.98 Å². The molecule has 1 amide bonds. The molecular formula is C18H14N2O3S. The third-order valence-corrected chi connectivity index (χ3v) is 4.74. The zero-order valence-electron chi connectivity index (χ0n) is 12.9. The summed E-state index contributed by atoms with van der Waals surface area (Å²) >= 11 is 1.58. The third-order valence-electron chi connectivity index (χ3n) is 3.69. The van der Waals surface area contributed by atoms with E-state index in [0.29, 0.717) is 29.4 Å². The first-order valence-corrected chi connectivity index (χ1v) is 8.29. The van der Waals surface area contributed by atoms with Crippen LogP contribution in [0, 0.1) is 6.92 Å². The largest absolute Gasteiger partial charge is 0.469 e. The van der Waals surface area contributed by atoms with E-state index in [-0.39, 0.29) is 5.91 Å². The molecule has 5 nitrogen and oxygen atoms in total. The van der Waals surface area contributed by atoms with Crippen LogP contribution in [-0.2, 0) is 6.54 Å². The van der Waals surface area contributed by atoms with Gasteiger partial charge in [0.1, 0.15) is 11.5 Å². The van der Waals surface area contributed by atoms with Gasteiger partial charge in [-0.1, -0.05) is 12.1 Å². The second-order valence-corrected chi connectivity index (χ2v) is 6.36. The molecule has 4 aromatic rings. The zero-order valence-corrected chi connectivity index (χ0v) is 13.7. The maximum absolute atomic E-state index is 12.1. The van der Waals surface area contributed by atoms with Crippen LogP contribution in [0.5, 0.6) is 0 Å². The number of benzene rings is 1. The fourth-order valence-corrected chi connectivity index (χ4v) is 3.38. The smallest absolute Gasteiger partial charge is 0.255 e. The number of fused-ring (bicyclic) bond motifs is 1. The summed E-state index contributed by atoms with van der Waals surface area (Å²) in [6.07, 6.45) is 1.50. The second kappa shape index (κ2) is 5.98. The van der Waals surface area contributed by atoms with Crippen molar-refractivity contribution in [2.24, 2.45) is 0 Å². The molecule has 3 aromatic heterocycles. The average molecular weight is 338 g/mol. The molecule has 1 aromatic carbocycles. The van der Waals surface area contributed by atoms with Crippen LogP contribution in [0.3, 0.4) is 0 Å². The molecule has 0 aliphatic carbocycles. The number of aromatic nitrogens is 1. The summed E-state index contributed by atoms with van der Waals surface area (Å²) in [5.74, 6) is 1.81. The molecule has 6 heteroatoms. The lowest BCUT2D eigenvalue weighted by molar-refractivity contribution is 0.0946. The molecule has 24 heavy (non-hydrogen) atoms. The number of hydrogen-bond acceptors (Lipinski definition) is 5. The first-order chi connectivity index (χ1) is 11.7. The monoisotopic (exact) mass is 338 g/mol. The molecule has 0 atom stereocenters. The molecule has 0 fully saturated rings. The summed E-state index contributed by atoms with van der Waals surface area (Å²) in [4.78, 5) is 16.6. The Hall–Kier alpha value is -2.86. The molecule has 0 aliphatic rings. The van der Waals surface area contributed by atoms with Crippen molar-refractivity contribution in [3.8, 4) is 10.8 Å². The standard InChI is InChI=1S/C18H14N2O3S/c1-11-13(8-9-22-11)17(21)19-10-12-6-7-15(23-12)18-20-14-4-2-3-5-16(14)24-18/h2-9H,10H2,1H3,(H,19,21). The highest BCUT2D eigenvalue weighted by molar-refractivity contribution is 7.21. The van der Waals surface area contributed by atoms with Crippen molar-refractivity contribution >= 4 is 27.5 Å². The summed E-state index contributed by atoms with van der Waals surface area (Å²) in [7, 11) is 0. The normalized spacial score (nSPS) is 11.0. The molecule has 0 aliphatic heterocycles. The molecule has 1 N–H and O–H groups in total. The number of para-hydroxylation sites is 1. The highest BCUT2D eigenvalue weighted by Gasteiger charge is 2.13. The summed E-state index contributed by atoms with van der Waals surface area (Å²) in [6.45, 7) is 2.07. The van der Waals surface area contributed by atoms with Crippen LogP contribution < -0.4 is 5.32 Å². The number of nitrogens with one attached hydrogen (secondary N) is 1. The maximum atomic E-state index is 12.1. The predicted octanol–water partition coefficient (Wildman–Crippen LogP) is 4.39. The lowest BCUT2D eigenvalue weighted by atomic mass is 10.2. The van der Waals surface area contributed by atoms with Gasteiger partial charge in [-0.15, -0.1) is 11.3 Å². The van der Waals surface area contributed by atoms with Crippen LogP contribution in [-0.4, -0.2) is 10.9 Å². The van der Waals surface area contributed by atoms with Crippen molar-refractivity contribution in [3.05, 3.63) is 65.8 Å². The van der Waals surface area contributed by atoms with Gasteiger partial charge in [-0.2, -0.15) is 0 Å². The van der Waals surface area contributed by atoms with Crippen LogP contribution in [0.15, 0.2) is 57.6 Å². The van der Waals surface area contributed by atoms with E-state index in [0.717, 1.165) is 15.2 Å². The van der Waals surface area contributed by atoms with Crippen molar-refractivity contribution in [2.45, 2.75) is 13.5 Å². The topological polar surface area (TPSA) is 68.3 Å². The zero-order chi connectivity index (χ0) is 16.5. The van der Waals surface area contributed by atoms with Gasteiger partial charge in [0.2, 0.25) is 0 Å². The van der Waals surface area contributed by atoms with Gasteiger partial charge in [0.15, 0.2) is 10.8 Å². The first-order valence-electron chi connectivity index (χ1n) is 7.47. The molecule has 0 unspecified atom stereocenters. The molecule has 4 rings (SSSR count). The number of carbonyl (C=O) groups is 1. The number of hydrogen-bond donors (Lipinski definition) is 1. The number of nitrogens with zero attached hydrogens (tertiary/aromatic N) is 1. The van der Waals surface area contributed by atoms with Gasteiger partial charge in [0.25, 0.3) is 5.91 Å². The minimum Gasteiger partial charge on any atom is -0.469 e. The minimum absolute atomic E-state index is 0.181. The minimum atomic E-state index is -0.181. The summed E-state index contributed by atoms with van der Waals surface area (Å²) in [5, 5.41) is 3.66. The van der Waals surface area contributed by atoms with Gasteiger partial charge >= 0.3 is 0 Å². The Morgan fingerprint density at radius 3 is 2.88 bits per heavy atom. The number of amides is 1. The molecule has 0 spiro atoms. The number of carbonyl (C=O) groups excluding carboxylic acids is 1. The molecule has 0 bridgehead atoms. The van der Waals surface area contributed by atoms with Crippen LogP contribution in [0.1, 0.15) is 21.9 Å². The van der Waals surface area contributed by atoms with E-state index >= 15 is 0 Å². The van der Waals surface area contributed by atoms with E-state index < -0.39 is 0 Å². The summed E-state index contributed by atoms with van der Waals surface area (Å²) in [5.41, 5.74) is 1.49. The van der Waals surface area contributed by atoms with Gasteiger partial charge in [0, 0.05) is 0 Å². The first kappa shape index (κ1) is 14.7. The van der Waals surface area contributed by atoms with Gasteiger partial charge < -0.3 is 14.2 Å². The highest BCUT2D eigenvalue weighted by atomic mass is 32.1. The number of thiazole rings is 1. The molecule has 3 heterocycles. The van der Waals surface area contributed by atoms with Crippen molar-refractivity contribution in [3.63, 3.8) is 0 Å². The molecule has 120 valence electrons. The average Bonchev–Trinajstić information content (AvgIpc) is 3.31. The Morgan fingerprint density at radius 2 is 2.08 bits per heavy atom. The van der Waals surface area contributed by atoms with E-state index in [1.807, 2.05) is 36.4 Å². The van der Waals surface area contributed by atoms with Gasteiger partial charge in [-0.05, 0) is 37.3 Å². The third kappa shape index (κ3) is 2.72. The number of furan rings is 2. The Balaban J connectivity index is 1.48. The Labute approximate surface area is 141 Å². The Morgan fingerprint density at radius 1 is 1.21 bits per heavy atom.